The monoisotopic (exact) mass is 289 g/mol. The summed E-state index contributed by atoms with van der Waals surface area (Å²) in [4.78, 5) is 1.21. The SMILES string of the molecule is CCCNC(CSc1ccccc1)c1ccccc1F. The molecule has 0 aromatic heterocycles. The fourth-order valence-corrected chi connectivity index (χ4v) is 3.04. The Labute approximate surface area is 124 Å². The molecule has 106 valence electrons. The zero-order valence-corrected chi connectivity index (χ0v) is 12.5. The zero-order chi connectivity index (χ0) is 14.2. The highest BCUT2D eigenvalue weighted by atomic mass is 32.2. The average Bonchev–Trinajstić information content (AvgIpc) is 2.49. The van der Waals surface area contributed by atoms with Gasteiger partial charge in [-0.25, -0.2) is 4.39 Å². The Morgan fingerprint density at radius 1 is 1.05 bits per heavy atom. The van der Waals surface area contributed by atoms with E-state index < -0.39 is 0 Å². The van der Waals surface area contributed by atoms with E-state index in [2.05, 4.69) is 24.4 Å². The van der Waals surface area contributed by atoms with Gasteiger partial charge in [-0.05, 0) is 31.2 Å². The van der Waals surface area contributed by atoms with E-state index in [1.807, 2.05) is 30.3 Å². The smallest absolute Gasteiger partial charge is 0.128 e. The summed E-state index contributed by atoms with van der Waals surface area (Å²) >= 11 is 1.75. The first-order valence-corrected chi connectivity index (χ1v) is 7.95. The number of benzene rings is 2. The van der Waals surface area contributed by atoms with Gasteiger partial charge < -0.3 is 5.32 Å². The van der Waals surface area contributed by atoms with Crippen molar-refractivity contribution in [3.8, 4) is 0 Å². The molecule has 0 aliphatic heterocycles. The fourth-order valence-electron chi connectivity index (χ4n) is 2.03. The third-order valence-electron chi connectivity index (χ3n) is 3.08. The highest BCUT2D eigenvalue weighted by molar-refractivity contribution is 7.99. The summed E-state index contributed by atoms with van der Waals surface area (Å²) in [5, 5.41) is 3.44. The number of rotatable bonds is 7. The van der Waals surface area contributed by atoms with Crippen LogP contribution in [0.15, 0.2) is 59.5 Å². The van der Waals surface area contributed by atoms with Crippen molar-refractivity contribution in [3.05, 3.63) is 66.0 Å². The minimum absolute atomic E-state index is 0.0429. The molecule has 20 heavy (non-hydrogen) atoms. The van der Waals surface area contributed by atoms with E-state index in [0.29, 0.717) is 0 Å². The third-order valence-corrected chi connectivity index (χ3v) is 4.19. The van der Waals surface area contributed by atoms with E-state index in [1.54, 1.807) is 17.8 Å². The highest BCUT2D eigenvalue weighted by Gasteiger charge is 2.14. The molecule has 0 bridgehead atoms. The van der Waals surface area contributed by atoms with E-state index in [-0.39, 0.29) is 11.9 Å². The van der Waals surface area contributed by atoms with Crippen molar-refractivity contribution < 1.29 is 4.39 Å². The van der Waals surface area contributed by atoms with Crippen molar-refractivity contribution in [2.75, 3.05) is 12.3 Å². The molecule has 2 aromatic carbocycles. The fraction of sp³-hybridized carbons (Fsp3) is 0.294. The Morgan fingerprint density at radius 2 is 1.75 bits per heavy atom. The predicted molar refractivity (Wildman–Crippen MR) is 84.6 cm³/mol. The van der Waals surface area contributed by atoms with Crippen molar-refractivity contribution in [1.29, 1.82) is 0 Å². The van der Waals surface area contributed by atoms with Crippen LogP contribution in [0.5, 0.6) is 0 Å². The summed E-state index contributed by atoms with van der Waals surface area (Å²) in [7, 11) is 0. The van der Waals surface area contributed by atoms with Gasteiger partial charge in [-0.3, -0.25) is 0 Å². The van der Waals surface area contributed by atoms with Crippen LogP contribution in [0.25, 0.3) is 0 Å². The maximum Gasteiger partial charge on any atom is 0.128 e. The quantitative estimate of drug-likeness (QED) is 0.744. The van der Waals surface area contributed by atoms with Crippen LogP contribution in [0.2, 0.25) is 0 Å². The van der Waals surface area contributed by atoms with Crippen LogP contribution in [-0.2, 0) is 0 Å². The van der Waals surface area contributed by atoms with Crippen LogP contribution >= 0.6 is 11.8 Å². The second-order valence-electron chi connectivity index (χ2n) is 4.65. The lowest BCUT2D eigenvalue weighted by Crippen LogP contribution is -2.25. The number of halogens is 1. The molecular weight excluding hydrogens is 269 g/mol. The van der Waals surface area contributed by atoms with Gasteiger partial charge in [0, 0.05) is 22.3 Å². The summed E-state index contributed by atoms with van der Waals surface area (Å²) in [5.74, 6) is 0.695. The molecule has 0 aliphatic carbocycles. The molecule has 2 aromatic rings. The molecule has 0 amide bonds. The Kier molecular flexibility index (Phi) is 6.09. The first-order valence-electron chi connectivity index (χ1n) is 6.97. The maximum absolute atomic E-state index is 13.9. The Hall–Kier alpha value is -1.32. The maximum atomic E-state index is 13.9. The zero-order valence-electron chi connectivity index (χ0n) is 11.7. The molecule has 2 rings (SSSR count). The topological polar surface area (TPSA) is 12.0 Å². The van der Waals surface area contributed by atoms with Gasteiger partial charge in [0.2, 0.25) is 0 Å². The van der Waals surface area contributed by atoms with E-state index in [9.17, 15) is 4.39 Å². The molecule has 0 heterocycles. The van der Waals surface area contributed by atoms with Crippen LogP contribution in [0.4, 0.5) is 4.39 Å². The van der Waals surface area contributed by atoms with Gasteiger partial charge in [0.25, 0.3) is 0 Å². The van der Waals surface area contributed by atoms with Crippen molar-refractivity contribution in [2.24, 2.45) is 0 Å². The van der Waals surface area contributed by atoms with Crippen molar-refractivity contribution >= 4 is 11.8 Å². The van der Waals surface area contributed by atoms with E-state index in [4.69, 9.17) is 0 Å². The molecule has 0 saturated carbocycles. The van der Waals surface area contributed by atoms with Gasteiger partial charge in [-0.15, -0.1) is 11.8 Å². The van der Waals surface area contributed by atoms with E-state index in [1.165, 1.54) is 11.0 Å². The minimum atomic E-state index is -0.130. The molecule has 0 fully saturated rings. The summed E-state index contributed by atoms with van der Waals surface area (Å²) in [6.45, 7) is 3.02. The van der Waals surface area contributed by atoms with Crippen LogP contribution in [0.3, 0.4) is 0 Å². The number of nitrogens with one attached hydrogen (secondary N) is 1. The van der Waals surface area contributed by atoms with E-state index in [0.717, 1.165) is 24.3 Å². The Morgan fingerprint density at radius 3 is 2.45 bits per heavy atom. The Bertz CT molecular complexity index is 515. The van der Waals surface area contributed by atoms with Crippen molar-refractivity contribution in [3.63, 3.8) is 0 Å². The van der Waals surface area contributed by atoms with Gasteiger partial charge in [-0.1, -0.05) is 43.3 Å². The molecular formula is C17H20FNS. The third kappa shape index (κ3) is 4.36. The van der Waals surface area contributed by atoms with Gasteiger partial charge in [0.15, 0.2) is 0 Å². The number of hydrogen-bond acceptors (Lipinski definition) is 2. The molecule has 0 radical (unpaired) electrons. The molecule has 1 N–H and O–H groups in total. The molecule has 1 atom stereocenters. The van der Waals surface area contributed by atoms with Crippen LogP contribution in [-0.4, -0.2) is 12.3 Å². The lowest BCUT2D eigenvalue weighted by Gasteiger charge is -2.19. The van der Waals surface area contributed by atoms with Crippen LogP contribution < -0.4 is 5.32 Å². The summed E-state index contributed by atoms with van der Waals surface area (Å²) < 4.78 is 13.9. The number of hydrogen-bond donors (Lipinski definition) is 1. The molecule has 3 heteroatoms. The average molecular weight is 289 g/mol. The van der Waals surface area contributed by atoms with Crippen LogP contribution in [0.1, 0.15) is 24.9 Å². The summed E-state index contributed by atoms with van der Waals surface area (Å²) in [5.41, 5.74) is 0.754. The van der Waals surface area contributed by atoms with E-state index >= 15 is 0 Å². The molecule has 1 nitrogen and oxygen atoms in total. The lowest BCUT2D eigenvalue weighted by atomic mass is 10.1. The second kappa shape index (κ2) is 8.08. The summed E-state index contributed by atoms with van der Waals surface area (Å²) in [6.07, 6.45) is 1.04. The molecule has 0 spiro atoms. The molecule has 0 saturated heterocycles. The van der Waals surface area contributed by atoms with Gasteiger partial charge in [0.05, 0.1) is 0 Å². The summed E-state index contributed by atoms with van der Waals surface area (Å²) in [6, 6.07) is 17.3. The first kappa shape index (κ1) is 15.1. The van der Waals surface area contributed by atoms with Crippen molar-refractivity contribution in [2.45, 2.75) is 24.3 Å². The van der Waals surface area contributed by atoms with Crippen molar-refractivity contribution in [1.82, 2.24) is 5.32 Å². The normalized spacial score (nSPS) is 12.3. The minimum Gasteiger partial charge on any atom is -0.309 e. The standard InChI is InChI=1S/C17H20FNS/c1-2-12-19-17(15-10-6-7-11-16(15)18)13-20-14-8-4-3-5-9-14/h3-11,17,19H,2,12-13H2,1H3. The first-order chi connectivity index (χ1) is 9.81. The van der Waals surface area contributed by atoms with Gasteiger partial charge >= 0.3 is 0 Å². The van der Waals surface area contributed by atoms with Gasteiger partial charge in [-0.2, -0.15) is 0 Å². The lowest BCUT2D eigenvalue weighted by molar-refractivity contribution is 0.532. The van der Waals surface area contributed by atoms with Crippen LogP contribution in [0, 0.1) is 5.82 Å². The Balaban J connectivity index is 2.06. The largest absolute Gasteiger partial charge is 0.309 e. The number of thioether (sulfide) groups is 1. The van der Waals surface area contributed by atoms with Gasteiger partial charge in [0.1, 0.15) is 5.82 Å². The second-order valence-corrected chi connectivity index (χ2v) is 5.75. The highest BCUT2D eigenvalue weighted by Crippen LogP contribution is 2.26. The molecule has 1 unspecified atom stereocenters. The predicted octanol–water partition coefficient (Wildman–Crippen LogP) is 4.66. The molecule has 0 aliphatic rings.